The maximum absolute atomic E-state index is 14.1. The van der Waals surface area contributed by atoms with Gasteiger partial charge >= 0.3 is 5.97 Å². The first-order valence-corrected chi connectivity index (χ1v) is 12.7. The Morgan fingerprint density at radius 3 is 2.57 bits per heavy atom. The summed E-state index contributed by atoms with van der Waals surface area (Å²) < 4.78 is 55.0. The highest BCUT2D eigenvalue weighted by Crippen LogP contribution is 2.35. The first-order valence-electron chi connectivity index (χ1n) is 11.3. The molecule has 35 heavy (non-hydrogen) atoms. The van der Waals surface area contributed by atoms with Crippen molar-refractivity contribution in [3.8, 4) is 5.75 Å². The number of aliphatic carboxylic acids is 1. The van der Waals surface area contributed by atoms with Gasteiger partial charge in [0.2, 0.25) is 10.0 Å². The molecule has 0 bridgehead atoms. The van der Waals surface area contributed by atoms with E-state index in [2.05, 4.69) is 5.10 Å². The molecule has 1 N–H and O–H groups in total. The van der Waals surface area contributed by atoms with Crippen molar-refractivity contribution in [3.63, 3.8) is 0 Å². The van der Waals surface area contributed by atoms with Crippen molar-refractivity contribution in [2.24, 2.45) is 0 Å². The highest BCUT2D eigenvalue weighted by Gasteiger charge is 2.42. The number of benzene rings is 2. The number of ether oxygens (including phenoxy) is 2. The van der Waals surface area contributed by atoms with Crippen molar-refractivity contribution in [1.29, 1.82) is 0 Å². The van der Waals surface area contributed by atoms with Crippen LogP contribution in [0.15, 0.2) is 47.4 Å². The predicted octanol–water partition coefficient (Wildman–Crippen LogP) is 3.24. The minimum Gasteiger partial charge on any atom is -0.491 e. The van der Waals surface area contributed by atoms with Gasteiger partial charge in [-0.2, -0.15) is 9.40 Å². The maximum Gasteiger partial charge on any atom is 0.309 e. The predicted molar refractivity (Wildman–Crippen MR) is 126 cm³/mol. The second kappa shape index (κ2) is 9.92. The van der Waals surface area contributed by atoms with Crippen LogP contribution in [0.1, 0.15) is 32.0 Å². The Morgan fingerprint density at radius 2 is 1.94 bits per heavy atom. The van der Waals surface area contributed by atoms with Crippen molar-refractivity contribution < 1.29 is 32.2 Å². The van der Waals surface area contributed by atoms with E-state index in [1.54, 1.807) is 16.8 Å². The van der Waals surface area contributed by atoms with Crippen LogP contribution in [0, 0.1) is 5.82 Å². The fourth-order valence-corrected chi connectivity index (χ4v) is 6.16. The van der Waals surface area contributed by atoms with Crippen LogP contribution < -0.4 is 4.74 Å². The third-order valence-electron chi connectivity index (χ3n) is 5.91. The molecule has 2 atom stereocenters. The Morgan fingerprint density at radius 1 is 1.23 bits per heavy atom. The average molecular weight is 506 g/mol. The first kappa shape index (κ1) is 25.1. The highest BCUT2D eigenvalue weighted by atomic mass is 32.2. The summed E-state index contributed by atoms with van der Waals surface area (Å²) in [7, 11) is -2.38. The molecule has 0 unspecified atom stereocenters. The van der Waals surface area contributed by atoms with Crippen molar-refractivity contribution in [1.82, 2.24) is 14.1 Å². The van der Waals surface area contributed by atoms with Gasteiger partial charge in [0.25, 0.3) is 0 Å². The summed E-state index contributed by atoms with van der Waals surface area (Å²) in [4.78, 5) is 11.5. The third kappa shape index (κ3) is 5.16. The maximum atomic E-state index is 14.1. The molecule has 0 amide bonds. The Hall–Kier alpha value is -3.02. The molecule has 0 aliphatic carbocycles. The van der Waals surface area contributed by atoms with E-state index in [0.29, 0.717) is 28.8 Å². The molecule has 0 radical (unpaired) electrons. The Kier molecular flexibility index (Phi) is 7.11. The van der Waals surface area contributed by atoms with Crippen LogP contribution in [0.4, 0.5) is 4.39 Å². The lowest BCUT2D eigenvalue weighted by atomic mass is 10.1. The van der Waals surface area contributed by atoms with E-state index in [9.17, 15) is 22.7 Å². The van der Waals surface area contributed by atoms with Gasteiger partial charge in [-0.15, -0.1) is 0 Å². The van der Waals surface area contributed by atoms with Gasteiger partial charge in [-0.25, -0.2) is 12.8 Å². The van der Waals surface area contributed by atoms with E-state index in [1.165, 1.54) is 41.7 Å². The largest absolute Gasteiger partial charge is 0.491 e. The molecular formula is C24H28FN3O6S. The molecule has 1 aliphatic rings. The number of fused-ring (bicyclic) bond motifs is 1. The van der Waals surface area contributed by atoms with Gasteiger partial charge in [-0.05, 0) is 62.7 Å². The molecule has 0 saturated carbocycles. The number of carbonyl (C=O) groups is 1. The van der Waals surface area contributed by atoms with Gasteiger partial charge < -0.3 is 14.6 Å². The lowest BCUT2D eigenvalue weighted by Gasteiger charge is -2.23. The molecule has 2 aromatic carbocycles. The molecule has 3 aromatic rings. The number of carboxylic acids is 1. The number of aromatic nitrogens is 2. The lowest BCUT2D eigenvalue weighted by molar-refractivity contribution is -0.136. The molecule has 1 aliphatic heterocycles. The fraction of sp³-hybridized carbons (Fsp3) is 0.417. The van der Waals surface area contributed by atoms with E-state index >= 15 is 0 Å². The molecule has 4 rings (SSSR count). The summed E-state index contributed by atoms with van der Waals surface area (Å²) in [6, 6.07) is 9.40. The quantitative estimate of drug-likeness (QED) is 0.475. The van der Waals surface area contributed by atoms with Crippen LogP contribution >= 0.6 is 0 Å². The number of hydrogen-bond donors (Lipinski definition) is 1. The molecule has 9 nitrogen and oxygen atoms in total. The summed E-state index contributed by atoms with van der Waals surface area (Å²) in [5.74, 6) is -0.971. The van der Waals surface area contributed by atoms with Crippen LogP contribution in [-0.2, 0) is 26.0 Å². The van der Waals surface area contributed by atoms with Gasteiger partial charge in [-0.3, -0.25) is 9.48 Å². The molecule has 1 fully saturated rings. The fourth-order valence-electron chi connectivity index (χ4n) is 4.50. The van der Waals surface area contributed by atoms with Crippen LogP contribution in [-0.4, -0.2) is 66.0 Å². The zero-order chi connectivity index (χ0) is 25.3. The number of nitrogens with zero attached hydrogens (tertiary/aromatic N) is 3. The summed E-state index contributed by atoms with van der Waals surface area (Å²) in [6.07, 6.45) is 0.0139. The van der Waals surface area contributed by atoms with Crippen molar-refractivity contribution in [2.45, 2.75) is 49.8 Å². The Balaban J connectivity index is 1.69. The standard InChI is InChI=1S/C24H28FN3O6S/c1-15(2)34-19-5-7-20(8-6-19)35(31,32)27-13-17(11-18(27)14-33-3)28-23-10-16(25)4-9-21(23)22(26-28)12-24(29)30/h4-10,15,17-18H,11-14H2,1-3H3,(H,29,30)/t17-,18+/m1/s1. The third-order valence-corrected chi connectivity index (χ3v) is 7.85. The highest BCUT2D eigenvalue weighted by molar-refractivity contribution is 7.89. The van der Waals surface area contributed by atoms with Gasteiger partial charge in [-0.1, -0.05) is 0 Å². The summed E-state index contributed by atoms with van der Waals surface area (Å²) in [5, 5.41) is 14.3. The summed E-state index contributed by atoms with van der Waals surface area (Å²) in [5.41, 5.74) is 0.731. The van der Waals surface area contributed by atoms with E-state index in [0.717, 1.165) is 0 Å². The van der Waals surface area contributed by atoms with Crippen LogP contribution in [0.3, 0.4) is 0 Å². The van der Waals surface area contributed by atoms with E-state index in [1.807, 2.05) is 13.8 Å². The van der Waals surface area contributed by atoms with Gasteiger partial charge in [0.1, 0.15) is 11.6 Å². The molecule has 11 heteroatoms. The van der Waals surface area contributed by atoms with Crippen molar-refractivity contribution >= 4 is 26.9 Å². The zero-order valence-corrected chi connectivity index (χ0v) is 20.5. The minimum atomic E-state index is -3.88. The number of halogens is 1. The molecule has 0 spiro atoms. The van der Waals surface area contributed by atoms with Gasteiger partial charge in [0.05, 0.1) is 47.3 Å². The number of sulfonamides is 1. The van der Waals surface area contributed by atoms with E-state index < -0.39 is 33.9 Å². The van der Waals surface area contributed by atoms with Gasteiger partial charge in [0, 0.05) is 19.0 Å². The lowest BCUT2D eigenvalue weighted by Crippen LogP contribution is -2.38. The van der Waals surface area contributed by atoms with Crippen LogP contribution in [0.25, 0.3) is 10.9 Å². The van der Waals surface area contributed by atoms with Crippen LogP contribution in [0.2, 0.25) is 0 Å². The van der Waals surface area contributed by atoms with E-state index in [-0.39, 0.29) is 30.6 Å². The van der Waals surface area contributed by atoms with E-state index in [4.69, 9.17) is 9.47 Å². The molecular weight excluding hydrogens is 477 g/mol. The second-order valence-corrected chi connectivity index (χ2v) is 10.7. The van der Waals surface area contributed by atoms with Gasteiger partial charge in [0.15, 0.2) is 0 Å². The molecule has 1 aromatic heterocycles. The average Bonchev–Trinajstić information content (AvgIpc) is 3.35. The molecule has 2 heterocycles. The SMILES string of the molecule is COC[C@@H]1C[C@@H](n2nc(CC(=O)O)c3ccc(F)cc32)CN1S(=O)(=O)c1ccc(OC(C)C)cc1. The summed E-state index contributed by atoms with van der Waals surface area (Å²) >= 11 is 0. The minimum absolute atomic E-state index is 0.0392. The normalized spacial score (nSPS) is 19.0. The van der Waals surface area contributed by atoms with Crippen LogP contribution in [0.5, 0.6) is 5.75 Å². The summed E-state index contributed by atoms with van der Waals surface area (Å²) in [6.45, 7) is 4.02. The second-order valence-electron chi connectivity index (χ2n) is 8.83. The number of rotatable bonds is 9. The molecule has 1 saturated heterocycles. The topological polar surface area (TPSA) is 111 Å². The van der Waals surface area contributed by atoms with Crippen molar-refractivity contribution in [3.05, 3.63) is 54.0 Å². The Bertz CT molecular complexity index is 1320. The number of methoxy groups -OCH3 is 1. The monoisotopic (exact) mass is 505 g/mol. The first-order chi connectivity index (χ1) is 16.6. The Labute approximate surface area is 203 Å². The number of hydrogen-bond acceptors (Lipinski definition) is 6. The zero-order valence-electron chi connectivity index (χ0n) is 19.7. The smallest absolute Gasteiger partial charge is 0.309 e. The number of carboxylic acid groups (broad SMARTS) is 1. The molecule has 188 valence electrons. The van der Waals surface area contributed by atoms with Crippen molar-refractivity contribution in [2.75, 3.05) is 20.3 Å².